The van der Waals surface area contributed by atoms with Gasteiger partial charge in [-0.15, -0.1) is 0 Å². The second-order valence-electron chi connectivity index (χ2n) is 4.48. The van der Waals surface area contributed by atoms with Crippen LogP contribution in [0, 0.1) is 17.2 Å². The SMILES string of the molecule is N#C[C@H]1[C@H](O)[C@@H](CO)O[C@H]1n1cnc2cnc(N)nc21. The largest absolute Gasteiger partial charge is 0.394 e. The van der Waals surface area contributed by atoms with Crippen LogP contribution >= 0.6 is 0 Å². The van der Waals surface area contributed by atoms with Gasteiger partial charge in [0.2, 0.25) is 5.95 Å². The van der Waals surface area contributed by atoms with Gasteiger partial charge in [-0.1, -0.05) is 0 Å². The second-order valence-corrected chi connectivity index (χ2v) is 4.48. The number of aliphatic hydroxyl groups excluding tert-OH is 2. The average Bonchev–Trinajstić information content (AvgIpc) is 2.98. The molecule has 2 aromatic rings. The Morgan fingerprint density at radius 2 is 2.30 bits per heavy atom. The maximum atomic E-state index is 9.95. The van der Waals surface area contributed by atoms with Crippen molar-refractivity contribution in [2.24, 2.45) is 5.92 Å². The summed E-state index contributed by atoms with van der Waals surface area (Å²) in [6, 6.07) is 1.99. The normalized spacial score (nSPS) is 29.6. The highest BCUT2D eigenvalue weighted by Gasteiger charge is 2.45. The quantitative estimate of drug-likeness (QED) is 0.620. The van der Waals surface area contributed by atoms with Crippen LogP contribution in [0.1, 0.15) is 6.23 Å². The lowest BCUT2D eigenvalue weighted by molar-refractivity contribution is -0.0441. The molecule has 9 heteroatoms. The molecule has 0 bridgehead atoms. The molecule has 0 saturated carbocycles. The fourth-order valence-corrected chi connectivity index (χ4v) is 2.30. The van der Waals surface area contributed by atoms with Gasteiger partial charge in [-0.05, 0) is 0 Å². The van der Waals surface area contributed by atoms with Crippen LogP contribution in [0.5, 0.6) is 0 Å². The van der Waals surface area contributed by atoms with Gasteiger partial charge in [-0.25, -0.2) is 9.97 Å². The average molecular weight is 276 g/mol. The monoisotopic (exact) mass is 276 g/mol. The van der Waals surface area contributed by atoms with Crippen LogP contribution in [0.3, 0.4) is 0 Å². The van der Waals surface area contributed by atoms with E-state index >= 15 is 0 Å². The number of nitriles is 1. The maximum absolute atomic E-state index is 9.95. The van der Waals surface area contributed by atoms with Gasteiger partial charge in [0.25, 0.3) is 0 Å². The van der Waals surface area contributed by atoms with Gasteiger partial charge in [-0.2, -0.15) is 10.2 Å². The lowest BCUT2D eigenvalue weighted by Gasteiger charge is -2.15. The third-order valence-corrected chi connectivity index (χ3v) is 3.31. The third kappa shape index (κ3) is 1.78. The van der Waals surface area contributed by atoms with Gasteiger partial charge < -0.3 is 20.7 Å². The predicted molar refractivity (Wildman–Crippen MR) is 65.8 cm³/mol. The van der Waals surface area contributed by atoms with Crippen molar-refractivity contribution in [3.63, 3.8) is 0 Å². The lowest BCUT2D eigenvalue weighted by atomic mass is 10.0. The van der Waals surface area contributed by atoms with E-state index < -0.39 is 24.4 Å². The van der Waals surface area contributed by atoms with Gasteiger partial charge in [0, 0.05) is 0 Å². The number of anilines is 1. The lowest BCUT2D eigenvalue weighted by Crippen LogP contribution is -2.28. The smallest absolute Gasteiger partial charge is 0.222 e. The Kier molecular flexibility index (Phi) is 2.98. The molecule has 4 atom stereocenters. The number of ether oxygens (including phenoxy) is 1. The molecule has 20 heavy (non-hydrogen) atoms. The number of nitrogen functional groups attached to an aromatic ring is 1. The van der Waals surface area contributed by atoms with Gasteiger partial charge in [0.05, 0.1) is 25.2 Å². The summed E-state index contributed by atoms with van der Waals surface area (Å²) in [6.07, 6.45) is 0.226. The zero-order valence-electron chi connectivity index (χ0n) is 10.3. The van der Waals surface area contributed by atoms with E-state index in [2.05, 4.69) is 15.0 Å². The first-order valence-electron chi connectivity index (χ1n) is 5.94. The topological polar surface area (TPSA) is 143 Å². The van der Waals surface area contributed by atoms with Crippen LogP contribution in [-0.2, 0) is 4.74 Å². The number of nitrogens with zero attached hydrogens (tertiary/aromatic N) is 5. The molecule has 1 fully saturated rings. The van der Waals surface area contributed by atoms with Gasteiger partial charge in [-0.3, -0.25) is 4.57 Å². The Bertz CT molecular complexity index is 680. The Hall–Kier alpha value is -2.28. The molecule has 0 aliphatic carbocycles. The zero-order valence-corrected chi connectivity index (χ0v) is 10.3. The van der Waals surface area contributed by atoms with Crippen LogP contribution < -0.4 is 5.73 Å². The number of hydrogen-bond acceptors (Lipinski definition) is 8. The highest BCUT2D eigenvalue weighted by atomic mass is 16.5. The van der Waals surface area contributed by atoms with Crippen LogP contribution in [0.2, 0.25) is 0 Å². The summed E-state index contributed by atoms with van der Waals surface area (Å²) in [5.41, 5.74) is 6.45. The second kappa shape index (κ2) is 4.68. The molecule has 2 aromatic heterocycles. The first kappa shape index (κ1) is 12.7. The Morgan fingerprint density at radius 1 is 1.50 bits per heavy atom. The van der Waals surface area contributed by atoms with Crippen molar-refractivity contribution < 1.29 is 14.9 Å². The Morgan fingerprint density at radius 3 is 3.00 bits per heavy atom. The van der Waals surface area contributed by atoms with E-state index in [1.807, 2.05) is 6.07 Å². The van der Waals surface area contributed by atoms with E-state index in [-0.39, 0.29) is 12.6 Å². The Labute approximate surface area is 113 Å². The molecule has 0 aromatic carbocycles. The minimum atomic E-state index is -1.08. The van der Waals surface area contributed by atoms with Crippen LogP contribution in [0.15, 0.2) is 12.5 Å². The van der Waals surface area contributed by atoms with Gasteiger partial charge >= 0.3 is 0 Å². The first-order chi connectivity index (χ1) is 9.65. The van der Waals surface area contributed by atoms with Crippen molar-refractivity contribution in [2.45, 2.75) is 18.4 Å². The highest BCUT2D eigenvalue weighted by molar-refractivity contribution is 5.70. The number of aliphatic hydroxyl groups is 2. The van der Waals surface area contributed by atoms with E-state index in [4.69, 9.17) is 15.6 Å². The number of fused-ring (bicyclic) bond motifs is 1. The molecule has 0 radical (unpaired) electrons. The van der Waals surface area contributed by atoms with Crippen molar-refractivity contribution in [3.05, 3.63) is 12.5 Å². The summed E-state index contributed by atoms with van der Waals surface area (Å²) in [7, 11) is 0. The number of aromatic nitrogens is 4. The number of rotatable bonds is 2. The minimum Gasteiger partial charge on any atom is -0.394 e. The summed E-state index contributed by atoms with van der Waals surface area (Å²) in [4.78, 5) is 12.0. The maximum Gasteiger partial charge on any atom is 0.222 e. The molecular weight excluding hydrogens is 264 g/mol. The van der Waals surface area contributed by atoms with Crippen molar-refractivity contribution in [3.8, 4) is 6.07 Å². The van der Waals surface area contributed by atoms with Gasteiger partial charge in [0.15, 0.2) is 11.9 Å². The summed E-state index contributed by atoms with van der Waals surface area (Å²) >= 11 is 0. The summed E-state index contributed by atoms with van der Waals surface area (Å²) in [5.74, 6) is -0.759. The van der Waals surface area contributed by atoms with Crippen LogP contribution in [0.25, 0.3) is 11.2 Å². The van der Waals surface area contributed by atoms with E-state index in [0.717, 1.165) is 0 Å². The van der Waals surface area contributed by atoms with Crippen LogP contribution in [0.4, 0.5) is 5.95 Å². The molecule has 1 aliphatic heterocycles. The van der Waals surface area contributed by atoms with Crippen molar-refractivity contribution in [2.75, 3.05) is 12.3 Å². The molecule has 0 unspecified atom stereocenters. The predicted octanol–water partition coefficient (Wildman–Crippen LogP) is -1.20. The number of imidazole rings is 1. The van der Waals surface area contributed by atoms with E-state index in [9.17, 15) is 10.4 Å². The third-order valence-electron chi connectivity index (χ3n) is 3.31. The molecule has 104 valence electrons. The molecule has 3 rings (SSSR count). The summed E-state index contributed by atoms with van der Waals surface area (Å²) in [6.45, 7) is -0.375. The molecule has 3 heterocycles. The molecule has 9 nitrogen and oxygen atoms in total. The molecule has 1 saturated heterocycles. The summed E-state index contributed by atoms with van der Waals surface area (Å²) < 4.78 is 7.03. The van der Waals surface area contributed by atoms with Crippen molar-refractivity contribution in [1.29, 1.82) is 5.26 Å². The standard InChI is InChI=1S/C11H12N6O3/c12-1-5-8(19)7(3-18)20-10(5)17-4-15-6-2-14-11(13)16-9(6)17/h2,4-5,7-8,10,18-19H,3H2,(H2,13,14,16)/t5-,7+,8-,10+/m0/s1. The van der Waals surface area contributed by atoms with E-state index in [1.54, 1.807) is 0 Å². The first-order valence-corrected chi connectivity index (χ1v) is 5.94. The van der Waals surface area contributed by atoms with Crippen molar-refractivity contribution >= 4 is 17.1 Å². The number of hydrogen-bond donors (Lipinski definition) is 3. The fraction of sp³-hybridized carbons (Fsp3) is 0.455. The fourth-order valence-electron chi connectivity index (χ4n) is 2.30. The molecular formula is C11H12N6O3. The summed E-state index contributed by atoms with van der Waals surface area (Å²) in [5, 5.41) is 28.3. The van der Waals surface area contributed by atoms with Crippen molar-refractivity contribution in [1.82, 2.24) is 19.5 Å². The minimum absolute atomic E-state index is 0.0741. The number of nitrogens with two attached hydrogens (primary N) is 1. The van der Waals surface area contributed by atoms with Crippen LogP contribution in [-0.4, -0.2) is 48.5 Å². The Balaban J connectivity index is 2.06. The van der Waals surface area contributed by atoms with E-state index in [1.165, 1.54) is 17.1 Å². The molecule has 4 N–H and O–H groups in total. The van der Waals surface area contributed by atoms with Gasteiger partial charge in [0.1, 0.15) is 23.6 Å². The molecule has 0 spiro atoms. The van der Waals surface area contributed by atoms with E-state index in [0.29, 0.717) is 11.2 Å². The molecule has 0 amide bonds. The zero-order chi connectivity index (χ0) is 14.3. The molecule has 1 aliphatic rings. The highest BCUT2D eigenvalue weighted by Crippen LogP contribution is 2.35.